The number of hydrogen-bond acceptors (Lipinski definition) is 4. The van der Waals surface area contributed by atoms with Gasteiger partial charge in [0.1, 0.15) is 22.5 Å². The highest BCUT2D eigenvalue weighted by Crippen LogP contribution is 2.36. The quantitative estimate of drug-likeness (QED) is 0.642. The SMILES string of the molecule is CNCc1nc(C(C)C)c(Sc2cc(F)cc(F)c2)n1Cc1ccccn1. The lowest BCUT2D eigenvalue weighted by atomic mass is 10.1. The molecule has 7 heteroatoms. The molecule has 0 bridgehead atoms. The lowest BCUT2D eigenvalue weighted by Crippen LogP contribution is -2.14. The molecule has 4 nitrogen and oxygen atoms in total. The maximum absolute atomic E-state index is 13.7. The average Bonchev–Trinajstić information content (AvgIpc) is 2.93. The third-order valence-electron chi connectivity index (χ3n) is 4.00. The molecule has 0 radical (unpaired) electrons. The van der Waals surface area contributed by atoms with Gasteiger partial charge in [0.25, 0.3) is 0 Å². The Bertz CT molecular complexity index is 890. The van der Waals surface area contributed by atoms with Crippen LogP contribution in [-0.4, -0.2) is 21.6 Å². The Balaban J connectivity index is 2.08. The predicted molar refractivity (Wildman–Crippen MR) is 103 cm³/mol. The maximum atomic E-state index is 13.7. The Morgan fingerprint density at radius 2 is 1.89 bits per heavy atom. The summed E-state index contributed by atoms with van der Waals surface area (Å²) in [5, 5.41) is 4.02. The van der Waals surface area contributed by atoms with Gasteiger partial charge in [-0.1, -0.05) is 31.7 Å². The number of benzene rings is 1. The highest BCUT2D eigenvalue weighted by atomic mass is 32.2. The first-order valence-corrected chi connectivity index (χ1v) is 9.57. The topological polar surface area (TPSA) is 42.7 Å². The fourth-order valence-electron chi connectivity index (χ4n) is 2.80. The Morgan fingerprint density at radius 3 is 2.48 bits per heavy atom. The fourth-order valence-corrected chi connectivity index (χ4v) is 4.03. The van der Waals surface area contributed by atoms with Gasteiger partial charge in [0.2, 0.25) is 0 Å². The third-order valence-corrected chi connectivity index (χ3v) is 5.10. The number of pyridine rings is 1. The van der Waals surface area contributed by atoms with Crippen LogP contribution in [0.2, 0.25) is 0 Å². The van der Waals surface area contributed by atoms with Gasteiger partial charge >= 0.3 is 0 Å². The summed E-state index contributed by atoms with van der Waals surface area (Å²) in [7, 11) is 1.86. The van der Waals surface area contributed by atoms with Gasteiger partial charge in [0.15, 0.2) is 0 Å². The van der Waals surface area contributed by atoms with E-state index in [2.05, 4.69) is 28.7 Å². The molecule has 1 aromatic carbocycles. The molecular formula is C20H22F2N4S. The summed E-state index contributed by atoms with van der Waals surface area (Å²) in [6.45, 7) is 5.25. The van der Waals surface area contributed by atoms with E-state index < -0.39 is 11.6 Å². The van der Waals surface area contributed by atoms with Crippen molar-refractivity contribution >= 4 is 11.8 Å². The second-order valence-electron chi connectivity index (χ2n) is 6.52. The number of nitrogens with zero attached hydrogens (tertiary/aromatic N) is 3. The van der Waals surface area contributed by atoms with E-state index in [-0.39, 0.29) is 5.92 Å². The Morgan fingerprint density at radius 1 is 1.15 bits per heavy atom. The van der Waals surface area contributed by atoms with E-state index in [1.165, 1.54) is 23.9 Å². The van der Waals surface area contributed by atoms with Gasteiger partial charge in [-0.15, -0.1) is 0 Å². The van der Waals surface area contributed by atoms with Gasteiger partial charge < -0.3 is 9.88 Å². The van der Waals surface area contributed by atoms with Crippen molar-refractivity contribution in [2.75, 3.05) is 7.05 Å². The molecule has 0 spiro atoms. The minimum Gasteiger partial charge on any atom is -0.316 e. The summed E-state index contributed by atoms with van der Waals surface area (Å²) in [6, 6.07) is 9.33. The van der Waals surface area contributed by atoms with Crippen LogP contribution in [0.5, 0.6) is 0 Å². The molecule has 0 aliphatic heterocycles. The minimum absolute atomic E-state index is 0.173. The summed E-state index contributed by atoms with van der Waals surface area (Å²) >= 11 is 1.33. The monoisotopic (exact) mass is 388 g/mol. The first kappa shape index (κ1) is 19.5. The van der Waals surface area contributed by atoms with Gasteiger partial charge in [-0.05, 0) is 37.2 Å². The highest BCUT2D eigenvalue weighted by Gasteiger charge is 2.21. The van der Waals surface area contributed by atoms with E-state index in [9.17, 15) is 8.78 Å². The van der Waals surface area contributed by atoms with E-state index >= 15 is 0 Å². The highest BCUT2D eigenvalue weighted by molar-refractivity contribution is 7.99. The molecule has 1 N–H and O–H groups in total. The summed E-state index contributed by atoms with van der Waals surface area (Å²) in [6.07, 6.45) is 1.75. The fraction of sp³-hybridized carbons (Fsp3) is 0.300. The van der Waals surface area contributed by atoms with Crippen LogP contribution in [0.25, 0.3) is 0 Å². The predicted octanol–water partition coefficient (Wildman–Crippen LogP) is 4.60. The first-order chi connectivity index (χ1) is 13.0. The summed E-state index contributed by atoms with van der Waals surface area (Å²) in [5.74, 6) is -0.137. The summed E-state index contributed by atoms with van der Waals surface area (Å²) in [4.78, 5) is 9.72. The first-order valence-electron chi connectivity index (χ1n) is 8.75. The van der Waals surface area contributed by atoms with Crippen molar-refractivity contribution in [1.29, 1.82) is 0 Å². The number of imidazole rings is 1. The molecule has 0 aliphatic carbocycles. The van der Waals surface area contributed by atoms with Crippen LogP contribution in [0.4, 0.5) is 8.78 Å². The lowest BCUT2D eigenvalue weighted by molar-refractivity contribution is 0.577. The maximum Gasteiger partial charge on any atom is 0.127 e. The largest absolute Gasteiger partial charge is 0.316 e. The Labute approximate surface area is 162 Å². The van der Waals surface area contributed by atoms with Crippen molar-refractivity contribution < 1.29 is 8.78 Å². The van der Waals surface area contributed by atoms with Crippen LogP contribution in [-0.2, 0) is 13.1 Å². The number of rotatable bonds is 7. The minimum atomic E-state index is -0.588. The zero-order valence-electron chi connectivity index (χ0n) is 15.5. The normalized spacial score (nSPS) is 11.3. The molecule has 0 amide bonds. The van der Waals surface area contributed by atoms with Gasteiger partial charge in [0, 0.05) is 17.2 Å². The molecular weight excluding hydrogens is 366 g/mol. The van der Waals surface area contributed by atoms with Gasteiger partial charge in [-0.2, -0.15) is 0 Å². The second-order valence-corrected chi connectivity index (χ2v) is 7.58. The zero-order valence-corrected chi connectivity index (χ0v) is 16.4. The molecule has 3 aromatic rings. The van der Waals surface area contributed by atoms with Gasteiger partial charge in [-0.25, -0.2) is 13.8 Å². The molecule has 2 heterocycles. The van der Waals surface area contributed by atoms with Crippen molar-refractivity contribution in [3.63, 3.8) is 0 Å². The van der Waals surface area contributed by atoms with Crippen molar-refractivity contribution in [1.82, 2.24) is 19.9 Å². The van der Waals surface area contributed by atoms with E-state index in [0.29, 0.717) is 18.0 Å². The van der Waals surface area contributed by atoms with Crippen molar-refractivity contribution in [3.8, 4) is 0 Å². The molecule has 3 rings (SSSR count). The number of aromatic nitrogens is 3. The molecule has 0 saturated carbocycles. The smallest absolute Gasteiger partial charge is 0.127 e. The molecule has 0 fully saturated rings. The number of halogens is 2. The molecule has 27 heavy (non-hydrogen) atoms. The zero-order chi connectivity index (χ0) is 19.4. The Hall–Kier alpha value is -2.25. The van der Waals surface area contributed by atoms with Crippen LogP contribution in [0.3, 0.4) is 0 Å². The van der Waals surface area contributed by atoms with Crippen molar-refractivity contribution in [2.45, 2.75) is 42.8 Å². The van der Waals surface area contributed by atoms with Crippen LogP contribution >= 0.6 is 11.8 Å². The number of nitrogens with one attached hydrogen (secondary N) is 1. The summed E-state index contributed by atoms with van der Waals surface area (Å²) in [5.41, 5.74) is 1.81. The second kappa shape index (κ2) is 8.63. The van der Waals surface area contributed by atoms with Gasteiger partial charge in [-0.3, -0.25) is 4.98 Å². The molecule has 0 unspecified atom stereocenters. The van der Waals surface area contributed by atoms with E-state index in [4.69, 9.17) is 4.98 Å². The van der Waals surface area contributed by atoms with E-state index in [1.807, 2.05) is 25.2 Å². The Kier molecular flexibility index (Phi) is 6.23. The van der Waals surface area contributed by atoms with Crippen LogP contribution in [0.15, 0.2) is 52.5 Å². The standard InChI is InChI=1S/C20H22F2N4S/c1-13(2)19-20(27-17-9-14(21)8-15(22)10-17)26(18(25-19)11-23-3)12-16-6-4-5-7-24-16/h4-10,13,23H,11-12H2,1-3H3. The average molecular weight is 388 g/mol. The molecule has 0 saturated heterocycles. The summed E-state index contributed by atoms with van der Waals surface area (Å²) < 4.78 is 29.4. The molecule has 2 aromatic heterocycles. The van der Waals surface area contributed by atoms with Gasteiger partial charge in [0.05, 0.1) is 24.5 Å². The third kappa shape index (κ3) is 4.73. The number of hydrogen-bond donors (Lipinski definition) is 1. The lowest BCUT2D eigenvalue weighted by Gasteiger charge is -2.13. The van der Waals surface area contributed by atoms with Crippen molar-refractivity contribution in [3.05, 3.63) is 71.4 Å². The van der Waals surface area contributed by atoms with Crippen LogP contribution in [0, 0.1) is 11.6 Å². The van der Waals surface area contributed by atoms with Crippen molar-refractivity contribution in [2.24, 2.45) is 0 Å². The van der Waals surface area contributed by atoms with Crippen LogP contribution in [0.1, 0.15) is 37.0 Å². The van der Waals surface area contributed by atoms with E-state index in [0.717, 1.165) is 28.3 Å². The molecule has 0 aliphatic rings. The van der Waals surface area contributed by atoms with Crippen LogP contribution < -0.4 is 5.32 Å². The van der Waals surface area contributed by atoms with E-state index in [1.54, 1.807) is 6.20 Å². The molecule has 0 atom stereocenters. The molecule has 142 valence electrons.